The Labute approximate surface area is 139 Å². The molecule has 0 amide bonds. The van der Waals surface area contributed by atoms with E-state index in [0.717, 1.165) is 47.9 Å². The van der Waals surface area contributed by atoms with E-state index in [2.05, 4.69) is 27.5 Å². The van der Waals surface area contributed by atoms with Gasteiger partial charge in [-0.1, -0.05) is 25.0 Å². The van der Waals surface area contributed by atoms with Crippen LogP contribution in [0.3, 0.4) is 0 Å². The fourth-order valence-electron chi connectivity index (χ4n) is 3.71. The van der Waals surface area contributed by atoms with Crippen molar-refractivity contribution in [3.63, 3.8) is 0 Å². The second-order valence-electron chi connectivity index (χ2n) is 6.46. The van der Waals surface area contributed by atoms with Gasteiger partial charge in [-0.3, -0.25) is 9.69 Å². The molecule has 114 valence electrons. The first-order chi connectivity index (χ1) is 10.1. The van der Waals surface area contributed by atoms with E-state index in [1.54, 1.807) is 0 Å². The maximum absolute atomic E-state index is 12.4. The van der Waals surface area contributed by atoms with E-state index in [-0.39, 0.29) is 5.78 Å². The number of ketones is 1. The Balaban J connectivity index is 1.61. The lowest BCUT2D eigenvalue weighted by molar-refractivity contribution is -0.0936. The largest absolute Gasteiger partial charge is 0.390 e. The van der Waals surface area contributed by atoms with E-state index >= 15 is 0 Å². The SMILES string of the molecule is O=C(CN1CCC2(O)CCCCC2C1)c1ccc(I)cc1. The Morgan fingerprint density at radius 3 is 2.81 bits per heavy atom. The number of hydrogen-bond donors (Lipinski definition) is 1. The number of benzene rings is 1. The molecule has 2 aliphatic rings. The van der Waals surface area contributed by atoms with Crippen LogP contribution in [0, 0.1) is 9.49 Å². The van der Waals surface area contributed by atoms with Crippen molar-refractivity contribution in [1.82, 2.24) is 4.90 Å². The van der Waals surface area contributed by atoms with Crippen molar-refractivity contribution in [1.29, 1.82) is 0 Å². The summed E-state index contributed by atoms with van der Waals surface area (Å²) in [6.07, 6.45) is 5.22. The van der Waals surface area contributed by atoms with Gasteiger partial charge in [0, 0.05) is 28.1 Å². The summed E-state index contributed by atoms with van der Waals surface area (Å²) in [7, 11) is 0. The summed E-state index contributed by atoms with van der Waals surface area (Å²) in [6, 6.07) is 7.77. The predicted molar refractivity (Wildman–Crippen MR) is 91.5 cm³/mol. The smallest absolute Gasteiger partial charge is 0.176 e. The number of likely N-dealkylation sites (tertiary alicyclic amines) is 1. The molecule has 0 bridgehead atoms. The number of piperidine rings is 1. The molecule has 1 saturated heterocycles. The second kappa shape index (κ2) is 6.34. The van der Waals surface area contributed by atoms with Gasteiger partial charge in [0.15, 0.2) is 5.78 Å². The Hall–Kier alpha value is -0.460. The summed E-state index contributed by atoms with van der Waals surface area (Å²) in [5.41, 5.74) is 0.334. The van der Waals surface area contributed by atoms with Crippen molar-refractivity contribution >= 4 is 28.4 Å². The Kier molecular flexibility index (Phi) is 4.66. The van der Waals surface area contributed by atoms with Gasteiger partial charge < -0.3 is 5.11 Å². The van der Waals surface area contributed by atoms with Gasteiger partial charge in [0.1, 0.15) is 0 Å². The molecule has 0 radical (unpaired) electrons. The molecule has 1 aliphatic carbocycles. The van der Waals surface area contributed by atoms with E-state index in [1.807, 2.05) is 24.3 Å². The van der Waals surface area contributed by atoms with Crippen LogP contribution in [0.5, 0.6) is 0 Å². The molecule has 1 aliphatic heterocycles. The highest BCUT2D eigenvalue weighted by atomic mass is 127. The summed E-state index contributed by atoms with van der Waals surface area (Å²) in [4.78, 5) is 14.6. The van der Waals surface area contributed by atoms with Gasteiger partial charge in [0.05, 0.1) is 12.1 Å². The number of Topliss-reactive ketones (excluding diaryl/α,β-unsaturated/α-hetero) is 1. The van der Waals surface area contributed by atoms with E-state index in [1.165, 1.54) is 6.42 Å². The number of carbonyl (C=O) groups excluding carboxylic acids is 1. The normalized spacial score (nSPS) is 29.9. The van der Waals surface area contributed by atoms with Crippen molar-refractivity contribution in [3.8, 4) is 0 Å². The highest BCUT2D eigenvalue weighted by Crippen LogP contribution is 2.39. The van der Waals surface area contributed by atoms with Gasteiger partial charge >= 0.3 is 0 Å². The molecule has 3 nitrogen and oxygen atoms in total. The molecule has 0 spiro atoms. The molecule has 2 fully saturated rings. The van der Waals surface area contributed by atoms with Gasteiger partial charge in [-0.05, 0) is 54.0 Å². The predicted octanol–water partition coefficient (Wildman–Crippen LogP) is 3.10. The first-order valence-electron chi connectivity index (χ1n) is 7.80. The Morgan fingerprint density at radius 2 is 2.05 bits per heavy atom. The maximum Gasteiger partial charge on any atom is 0.176 e. The van der Waals surface area contributed by atoms with Crippen LogP contribution in [0.2, 0.25) is 0 Å². The molecule has 2 unspecified atom stereocenters. The van der Waals surface area contributed by atoms with Crippen LogP contribution < -0.4 is 0 Å². The van der Waals surface area contributed by atoms with Crippen LogP contribution in [0.15, 0.2) is 24.3 Å². The Bertz CT molecular complexity index is 516. The molecule has 1 aromatic rings. The molecular formula is C17H22INO2. The maximum atomic E-state index is 12.4. The highest BCUT2D eigenvalue weighted by Gasteiger charge is 2.42. The standard InChI is InChI=1S/C17H22INO2/c18-15-6-4-13(5-7-15)16(20)12-19-10-9-17(21)8-2-1-3-14(17)11-19/h4-7,14,21H,1-3,8-12H2. The number of halogens is 1. The fourth-order valence-corrected chi connectivity index (χ4v) is 4.07. The molecule has 1 saturated carbocycles. The van der Waals surface area contributed by atoms with Crippen LogP contribution in [0.1, 0.15) is 42.5 Å². The van der Waals surface area contributed by atoms with Crippen LogP contribution >= 0.6 is 22.6 Å². The topological polar surface area (TPSA) is 40.5 Å². The lowest BCUT2D eigenvalue weighted by Crippen LogP contribution is -2.54. The van der Waals surface area contributed by atoms with Gasteiger partial charge in [-0.2, -0.15) is 0 Å². The van der Waals surface area contributed by atoms with Crippen molar-refractivity contribution in [2.75, 3.05) is 19.6 Å². The summed E-state index contributed by atoms with van der Waals surface area (Å²) >= 11 is 2.25. The molecule has 1 aromatic carbocycles. The first-order valence-corrected chi connectivity index (χ1v) is 8.88. The third-order valence-corrected chi connectivity index (χ3v) is 5.76. The lowest BCUT2D eigenvalue weighted by Gasteiger charge is -2.47. The highest BCUT2D eigenvalue weighted by molar-refractivity contribution is 14.1. The number of rotatable bonds is 3. The second-order valence-corrected chi connectivity index (χ2v) is 7.71. The van der Waals surface area contributed by atoms with Crippen molar-refractivity contribution in [2.24, 2.45) is 5.92 Å². The van der Waals surface area contributed by atoms with E-state index in [4.69, 9.17) is 0 Å². The number of aliphatic hydroxyl groups is 1. The van der Waals surface area contributed by atoms with Gasteiger partial charge in [0.25, 0.3) is 0 Å². The average Bonchev–Trinajstić information content (AvgIpc) is 2.48. The Morgan fingerprint density at radius 1 is 1.29 bits per heavy atom. The van der Waals surface area contributed by atoms with Crippen molar-refractivity contribution < 1.29 is 9.90 Å². The summed E-state index contributed by atoms with van der Waals surface area (Å²) in [6.45, 7) is 2.18. The summed E-state index contributed by atoms with van der Waals surface area (Å²) < 4.78 is 1.15. The molecule has 1 N–H and O–H groups in total. The minimum Gasteiger partial charge on any atom is -0.390 e. The molecule has 4 heteroatoms. The minimum atomic E-state index is -0.458. The molecule has 21 heavy (non-hydrogen) atoms. The third-order valence-electron chi connectivity index (χ3n) is 5.05. The zero-order chi connectivity index (χ0) is 14.9. The summed E-state index contributed by atoms with van der Waals surface area (Å²) in [5, 5.41) is 10.7. The minimum absolute atomic E-state index is 0.188. The zero-order valence-electron chi connectivity index (χ0n) is 12.2. The van der Waals surface area contributed by atoms with Crippen LogP contribution in [0.4, 0.5) is 0 Å². The third kappa shape index (κ3) is 3.48. The van der Waals surface area contributed by atoms with Crippen LogP contribution in [-0.2, 0) is 0 Å². The van der Waals surface area contributed by atoms with Crippen molar-refractivity contribution in [3.05, 3.63) is 33.4 Å². The van der Waals surface area contributed by atoms with Gasteiger partial charge in [-0.25, -0.2) is 0 Å². The van der Waals surface area contributed by atoms with Gasteiger partial charge in [0.2, 0.25) is 0 Å². The number of hydrogen-bond acceptors (Lipinski definition) is 3. The fraction of sp³-hybridized carbons (Fsp3) is 0.588. The van der Waals surface area contributed by atoms with E-state index in [9.17, 15) is 9.90 Å². The van der Waals surface area contributed by atoms with E-state index in [0.29, 0.717) is 12.5 Å². The number of nitrogens with zero attached hydrogens (tertiary/aromatic N) is 1. The molecule has 2 atom stereocenters. The average molecular weight is 399 g/mol. The monoisotopic (exact) mass is 399 g/mol. The van der Waals surface area contributed by atoms with Gasteiger partial charge in [-0.15, -0.1) is 0 Å². The quantitative estimate of drug-likeness (QED) is 0.628. The summed E-state index contributed by atoms with van der Waals surface area (Å²) in [5.74, 6) is 0.539. The van der Waals surface area contributed by atoms with E-state index < -0.39 is 5.60 Å². The molecule has 1 heterocycles. The lowest BCUT2D eigenvalue weighted by atomic mass is 9.71. The van der Waals surface area contributed by atoms with Crippen LogP contribution in [0.25, 0.3) is 0 Å². The zero-order valence-corrected chi connectivity index (χ0v) is 14.4. The number of fused-ring (bicyclic) bond motifs is 1. The molecule has 0 aromatic heterocycles. The first kappa shape index (κ1) is 15.4. The van der Waals surface area contributed by atoms with Crippen molar-refractivity contribution in [2.45, 2.75) is 37.7 Å². The molecular weight excluding hydrogens is 377 g/mol. The number of carbonyl (C=O) groups is 1. The van der Waals surface area contributed by atoms with Crippen LogP contribution in [-0.4, -0.2) is 41.0 Å². The molecule has 3 rings (SSSR count).